The summed E-state index contributed by atoms with van der Waals surface area (Å²) in [4.78, 5) is 46.3. The Morgan fingerprint density at radius 2 is 2.02 bits per heavy atom. The smallest absolute Gasteiger partial charge is 0.343 e. The van der Waals surface area contributed by atoms with E-state index in [4.69, 9.17) is 9.72 Å². The van der Waals surface area contributed by atoms with E-state index in [1.165, 1.54) is 6.07 Å². The predicted octanol–water partition coefficient (Wildman–Crippen LogP) is 3.14. The second-order valence-corrected chi connectivity index (χ2v) is 10.9. The van der Waals surface area contributed by atoms with E-state index in [9.17, 15) is 24.6 Å². The van der Waals surface area contributed by atoms with Crippen molar-refractivity contribution < 1.29 is 28.9 Å². The first kappa shape index (κ1) is 26.6. The highest BCUT2D eigenvalue weighted by atomic mass is 19.1. The van der Waals surface area contributed by atoms with Crippen molar-refractivity contribution in [2.45, 2.75) is 77.7 Å². The van der Waals surface area contributed by atoms with Crippen molar-refractivity contribution in [3.05, 3.63) is 61.7 Å². The molecule has 1 aliphatic carbocycles. The number of aliphatic hydroxyl groups excluding tert-OH is 1. The fourth-order valence-corrected chi connectivity index (χ4v) is 6.79. The maximum atomic E-state index is 15.1. The molecule has 0 bridgehead atoms. The van der Waals surface area contributed by atoms with Crippen molar-refractivity contribution in [3.63, 3.8) is 0 Å². The first-order valence-corrected chi connectivity index (χ1v) is 13.9. The number of aliphatic hydroxyl groups is 2. The van der Waals surface area contributed by atoms with Gasteiger partial charge in [-0.25, -0.2) is 14.2 Å². The molecule has 0 unspecified atom stereocenters. The van der Waals surface area contributed by atoms with Crippen molar-refractivity contribution >= 4 is 22.8 Å². The summed E-state index contributed by atoms with van der Waals surface area (Å²) in [6.45, 7) is 5.65. The van der Waals surface area contributed by atoms with Gasteiger partial charge in [0.25, 0.3) is 5.56 Å². The molecule has 6 rings (SSSR count). The molecular formula is C30H32FN3O6. The van der Waals surface area contributed by atoms with Crippen LogP contribution in [0.15, 0.2) is 16.9 Å². The summed E-state index contributed by atoms with van der Waals surface area (Å²) in [6, 6.07) is 2.74. The Bertz CT molecular complexity index is 1660. The number of carbonyl (C=O) groups excluding carboxylic acids is 2. The number of aryl methyl sites for hydroxylation is 1. The van der Waals surface area contributed by atoms with Gasteiger partial charge in [-0.1, -0.05) is 6.92 Å². The van der Waals surface area contributed by atoms with Crippen LogP contribution in [0.25, 0.3) is 22.3 Å². The highest BCUT2D eigenvalue weighted by Crippen LogP contribution is 2.47. The zero-order chi connectivity index (χ0) is 28.5. The average molecular weight is 550 g/mol. The zero-order valence-corrected chi connectivity index (χ0v) is 22.8. The number of esters is 1. The molecular weight excluding hydrogens is 517 g/mol. The molecule has 2 aromatic heterocycles. The molecule has 0 saturated heterocycles. The molecule has 2 aliphatic heterocycles. The minimum absolute atomic E-state index is 0.0301. The largest absolute Gasteiger partial charge is 0.458 e. The van der Waals surface area contributed by atoms with E-state index in [-0.39, 0.29) is 67.1 Å². The average Bonchev–Trinajstić information content (AvgIpc) is 3.32. The third-order valence-corrected chi connectivity index (χ3v) is 8.93. The summed E-state index contributed by atoms with van der Waals surface area (Å²) in [5, 5.41) is 21.3. The number of aromatic nitrogens is 2. The summed E-state index contributed by atoms with van der Waals surface area (Å²) >= 11 is 0. The summed E-state index contributed by atoms with van der Waals surface area (Å²) < 4.78 is 21.9. The maximum absolute atomic E-state index is 15.1. The van der Waals surface area contributed by atoms with Crippen molar-refractivity contribution in [1.29, 1.82) is 0 Å². The molecule has 2 N–H and O–H groups in total. The van der Waals surface area contributed by atoms with Gasteiger partial charge in [0.15, 0.2) is 5.60 Å². The molecule has 2 atom stereocenters. The van der Waals surface area contributed by atoms with Crippen LogP contribution in [0, 0.1) is 12.7 Å². The van der Waals surface area contributed by atoms with Gasteiger partial charge in [0, 0.05) is 42.2 Å². The monoisotopic (exact) mass is 549 g/mol. The molecule has 0 radical (unpaired) electrons. The number of ether oxygens (including phenoxy) is 1. The Kier molecular flexibility index (Phi) is 6.30. The van der Waals surface area contributed by atoms with Crippen LogP contribution in [0.1, 0.15) is 79.0 Å². The SMILES string of the molecule is CCN(C(=O)CCCO)[C@H]1CCc2c(C)c(F)cc3nc4c(c1c23)Cn1c-4cc2c(c1=O)COC(=O)[C@]2(O)CC. The second kappa shape index (κ2) is 9.49. The minimum atomic E-state index is -1.95. The van der Waals surface area contributed by atoms with E-state index in [0.29, 0.717) is 48.3 Å². The van der Waals surface area contributed by atoms with Crippen LogP contribution in [0.5, 0.6) is 0 Å². The lowest BCUT2D eigenvalue weighted by atomic mass is 9.81. The fraction of sp³-hybridized carbons (Fsp3) is 0.467. The third kappa shape index (κ3) is 3.58. The lowest BCUT2D eigenvalue weighted by Crippen LogP contribution is -2.44. The molecule has 40 heavy (non-hydrogen) atoms. The molecule has 0 fully saturated rings. The van der Waals surface area contributed by atoms with Gasteiger partial charge >= 0.3 is 5.97 Å². The normalized spacial score (nSPS) is 20.6. The first-order valence-electron chi connectivity index (χ1n) is 13.9. The van der Waals surface area contributed by atoms with Gasteiger partial charge in [0.2, 0.25) is 5.91 Å². The molecule has 210 valence electrons. The first-order chi connectivity index (χ1) is 19.2. The van der Waals surface area contributed by atoms with Crippen LogP contribution < -0.4 is 5.56 Å². The molecule has 4 heterocycles. The number of nitrogens with zero attached hydrogens (tertiary/aromatic N) is 3. The lowest BCUT2D eigenvalue weighted by molar-refractivity contribution is -0.172. The van der Waals surface area contributed by atoms with Crippen LogP contribution in [-0.2, 0) is 39.5 Å². The number of pyridine rings is 2. The van der Waals surface area contributed by atoms with Gasteiger partial charge in [0.1, 0.15) is 12.4 Å². The van der Waals surface area contributed by atoms with Gasteiger partial charge in [0.05, 0.1) is 35.1 Å². The van der Waals surface area contributed by atoms with Crippen LogP contribution >= 0.6 is 0 Å². The summed E-state index contributed by atoms with van der Waals surface area (Å²) in [5.41, 5.74) is 2.55. The Morgan fingerprint density at radius 1 is 1.25 bits per heavy atom. The number of fused-ring (bicyclic) bond motifs is 5. The number of carbonyl (C=O) groups is 2. The molecule has 1 aromatic carbocycles. The highest BCUT2D eigenvalue weighted by molar-refractivity contribution is 5.94. The number of hydrogen-bond donors (Lipinski definition) is 2. The predicted molar refractivity (Wildman–Crippen MR) is 144 cm³/mol. The lowest BCUT2D eigenvalue weighted by Gasteiger charge is -2.37. The standard InChI is InChI=1S/C30H32FN3O6/c1-4-30(39)19-11-23-27-17(13-34(23)28(37)18(19)14-40-29(30)38)26-22(33(5-2)24(36)7-6-10-35)9-8-16-15(3)20(31)12-21(32-27)25(16)26/h11-12,22,35,39H,4-10,13-14H2,1-3H3/t22-,30-/m0/s1. The highest BCUT2D eigenvalue weighted by Gasteiger charge is 2.46. The maximum Gasteiger partial charge on any atom is 0.343 e. The third-order valence-electron chi connectivity index (χ3n) is 8.93. The van der Waals surface area contributed by atoms with Crippen LogP contribution in [-0.4, -0.2) is 49.7 Å². The van der Waals surface area contributed by atoms with Gasteiger partial charge in [-0.2, -0.15) is 0 Å². The van der Waals surface area contributed by atoms with E-state index >= 15 is 4.39 Å². The van der Waals surface area contributed by atoms with E-state index in [0.717, 1.165) is 22.1 Å². The number of amides is 1. The molecule has 3 aromatic rings. The Hall–Kier alpha value is -3.63. The van der Waals surface area contributed by atoms with Gasteiger partial charge < -0.3 is 24.4 Å². The summed E-state index contributed by atoms with van der Waals surface area (Å²) in [6.07, 6.45) is 1.76. The molecule has 0 spiro atoms. The molecule has 10 heteroatoms. The quantitative estimate of drug-likeness (QED) is 0.355. The van der Waals surface area contributed by atoms with Gasteiger partial charge in [-0.05, 0) is 62.3 Å². The Balaban J connectivity index is 1.63. The number of hydrogen-bond acceptors (Lipinski definition) is 7. The number of halogens is 1. The molecule has 9 nitrogen and oxygen atoms in total. The molecule has 3 aliphatic rings. The van der Waals surface area contributed by atoms with Crippen molar-refractivity contribution in [3.8, 4) is 11.4 Å². The van der Waals surface area contributed by atoms with E-state index in [1.807, 2.05) is 11.8 Å². The van der Waals surface area contributed by atoms with Crippen LogP contribution in [0.3, 0.4) is 0 Å². The molecule has 1 amide bonds. The van der Waals surface area contributed by atoms with Gasteiger partial charge in [-0.3, -0.25) is 9.59 Å². The number of benzene rings is 1. The van der Waals surface area contributed by atoms with Crippen molar-refractivity contribution in [2.75, 3.05) is 13.2 Å². The van der Waals surface area contributed by atoms with E-state index in [1.54, 1.807) is 24.5 Å². The summed E-state index contributed by atoms with van der Waals surface area (Å²) in [5.74, 6) is -1.24. The Morgan fingerprint density at radius 3 is 2.73 bits per heavy atom. The van der Waals surface area contributed by atoms with Gasteiger partial charge in [-0.15, -0.1) is 0 Å². The second-order valence-electron chi connectivity index (χ2n) is 10.9. The Labute approximate surface area is 230 Å². The van der Waals surface area contributed by atoms with Crippen LogP contribution in [0.4, 0.5) is 4.39 Å². The zero-order valence-electron chi connectivity index (χ0n) is 22.8. The van der Waals surface area contributed by atoms with Crippen molar-refractivity contribution in [1.82, 2.24) is 14.5 Å². The van der Waals surface area contributed by atoms with E-state index in [2.05, 4.69) is 0 Å². The number of cyclic esters (lactones) is 1. The van der Waals surface area contributed by atoms with Crippen molar-refractivity contribution in [2.24, 2.45) is 0 Å². The van der Waals surface area contributed by atoms with Crippen LogP contribution in [0.2, 0.25) is 0 Å². The number of rotatable bonds is 6. The summed E-state index contributed by atoms with van der Waals surface area (Å²) in [7, 11) is 0. The minimum Gasteiger partial charge on any atom is -0.458 e. The topological polar surface area (TPSA) is 122 Å². The van der Waals surface area contributed by atoms with E-state index < -0.39 is 11.6 Å². The molecule has 0 saturated carbocycles. The fourth-order valence-electron chi connectivity index (χ4n) is 6.79.